The van der Waals surface area contributed by atoms with E-state index in [9.17, 15) is 0 Å². The lowest BCUT2D eigenvalue weighted by Crippen LogP contribution is -2.28. The molecule has 5 nitrogen and oxygen atoms in total. The van der Waals surface area contributed by atoms with E-state index in [0.29, 0.717) is 23.4 Å². The molecule has 1 aliphatic carbocycles. The van der Waals surface area contributed by atoms with Crippen LogP contribution < -0.4 is 4.90 Å². The van der Waals surface area contributed by atoms with Crippen LogP contribution in [0.3, 0.4) is 0 Å². The van der Waals surface area contributed by atoms with Gasteiger partial charge in [-0.1, -0.05) is 121 Å². The summed E-state index contributed by atoms with van der Waals surface area (Å²) in [4.78, 5) is 17.7. The predicted molar refractivity (Wildman–Crippen MR) is 194 cm³/mol. The van der Waals surface area contributed by atoms with Crippen LogP contribution in [0.5, 0.6) is 0 Å². The highest BCUT2D eigenvalue weighted by molar-refractivity contribution is 6.12. The average Bonchev–Trinajstić information content (AvgIpc) is 3.69. The van der Waals surface area contributed by atoms with Gasteiger partial charge in [-0.3, -0.25) is 0 Å². The van der Waals surface area contributed by atoms with E-state index in [2.05, 4.69) is 126 Å². The summed E-state index contributed by atoms with van der Waals surface area (Å²) in [7, 11) is 0. The van der Waals surface area contributed by atoms with Gasteiger partial charge in [0.2, 0.25) is 0 Å². The fraction of sp³-hybridized carbons (Fsp3) is 0.0465. The Balaban J connectivity index is 1.15. The minimum Gasteiger partial charge on any atom is -0.455 e. The summed E-state index contributed by atoms with van der Waals surface area (Å²) in [5.41, 5.74) is 7.97. The summed E-state index contributed by atoms with van der Waals surface area (Å²) in [5.74, 6) is 2.12. The molecule has 0 saturated heterocycles. The van der Waals surface area contributed by atoms with E-state index < -0.39 is 0 Å². The number of anilines is 2. The number of rotatable bonds is 4. The van der Waals surface area contributed by atoms with Crippen molar-refractivity contribution in [3.8, 4) is 34.2 Å². The Hall–Kier alpha value is -6.33. The molecule has 1 aliphatic heterocycles. The lowest BCUT2D eigenvalue weighted by molar-refractivity contribution is 0.670. The SMILES string of the molecule is C1=CC2c3ccccc3N(c3cccc(-c4nc(-c5ccccc5)nc(-c5cccc6c5oc5cc7ccccc7cc56)n4)c3)C2C=C1. The molecule has 0 fully saturated rings. The Morgan fingerprint density at radius 2 is 1.25 bits per heavy atom. The third kappa shape index (κ3) is 4.21. The van der Waals surface area contributed by atoms with Crippen LogP contribution >= 0.6 is 0 Å². The molecule has 2 aromatic heterocycles. The first-order chi connectivity index (χ1) is 23.8. The number of para-hydroxylation sites is 2. The van der Waals surface area contributed by atoms with Crippen LogP contribution in [-0.2, 0) is 0 Å². The maximum atomic E-state index is 6.59. The van der Waals surface area contributed by atoms with Crippen LogP contribution in [0.2, 0.25) is 0 Å². The van der Waals surface area contributed by atoms with Crippen LogP contribution in [0.15, 0.2) is 162 Å². The van der Waals surface area contributed by atoms with Crippen molar-refractivity contribution in [1.82, 2.24) is 15.0 Å². The molecular formula is C43H28N4O. The first-order valence-corrected chi connectivity index (χ1v) is 16.3. The smallest absolute Gasteiger partial charge is 0.167 e. The number of hydrogen-bond donors (Lipinski definition) is 0. The first-order valence-electron chi connectivity index (χ1n) is 16.3. The van der Waals surface area contributed by atoms with Gasteiger partial charge in [-0.25, -0.2) is 15.0 Å². The predicted octanol–water partition coefficient (Wildman–Crippen LogP) is 10.7. The Morgan fingerprint density at radius 1 is 0.542 bits per heavy atom. The molecule has 48 heavy (non-hydrogen) atoms. The minimum atomic E-state index is 0.207. The van der Waals surface area contributed by atoms with Gasteiger partial charge in [0.1, 0.15) is 11.2 Å². The van der Waals surface area contributed by atoms with Crippen molar-refractivity contribution in [2.75, 3.05) is 4.90 Å². The van der Waals surface area contributed by atoms with Crippen molar-refractivity contribution in [2.24, 2.45) is 0 Å². The van der Waals surface area contributed by atoms with Crippen molar-refractivity contribution in [3.05, 3.63) is 163 Å². The highest BCUT2D eigenvalue weighted by atomic mass is 16.3. The van der Waals surface area contributed by atoms with Gasteiger partial charge in [0, 0.05) is 39.2 Å². The summed E-state index contributed by atoms with van der Waals surface area (Å²) in [5, 5.41) is 4.44. The number of furan rings is 1. The molecule has 2 unspecified atom stereocenters. The second kappa shape index (κ2) is 10.6. The van der Waals surface area contributed by atoms with Gasteiger partial charge < -0.3 is 9.32 Å². The minimum absolute atomic E-state index is 0.207. The van der Waals surface area contributed by atoms with E-state index in [-0.39, 0.29) is 6.04 Å². The molecule has 0 saturated carbocycles. The summed E-state index contributed by atoms with van der Waals surface area (Å²) in [6, 6.07) is 46.5. The van der Waals surface area contributed by atoms with E-state index in [4.69, 9.17) is 19.4 Å². The molecule has 5 heteroatoms. The summed E-state index contributed by atoms with van der Waals surface area (Å²) >= 11 is 0. The van der Waals surface area contributed by atoms with Crippen molar-refractivity contribution in [1.29, 1.82) is 0 Å². The lowest BCUT2D eigenvalue weighted by atomic mass is 9.91. The van der Waals surface area contributed by atoms with Gasteiger partial charge in [0.15, 0.2) is 17.5 Å². The molecule has 3 heterocycles. The summed E-state index contributed by atoms with van der Waals surface area (Å²) < 4.78 is 6.59. The van der Waals surface area contributed by atoms with Crippen molar-refractivity contribution < 1.29 is 4.42 Å². The van der Waals surface area contributed by atoms with Crippen LogP contribution in [0.1, 0.15) is 11.5 Å². The standard InChI is InChI=1S/C43H28N4O/c1-2-12-27(13-3-1)41-44-42(30-16-10-17-31(24-30)47-37-22-8-6-18-32(37)33-19-7-9-23-38(33)47)46-43(45-41)35-21-11-20-34-36-25-28-14-4-5-15-29(28)26-39(36)48-40(34)35/h1-26,32,37H. The highest BCUT2D eigenvalue weighted by Crippen LogP contribution is 2.48. The molecule has 0 amide bonds. The van der Waals surface area contributed by atoms with Crippen LogP contribution in [0.4, 0.5) is 11.4 Å². The Labute approximate surface area is 277 Å². The molecule has 226 valence electrons. The summed E-state index contributed by atoms with van der Waals surface area (Å²) in [6.07, 6.45) is 8.90. The zero-order valence-corrected chi connectivity index (χ0v) is 25.9. The van der Waals surface area contributed by atoms with Gasteiger partial charge in [-0.2, -0.15) is 0 Å². The normalized spacial score (nSPS) is 16.5. The van der Waals surface area contributed by atoms with Gasteiger partial charge >= 0.3 is 0 Å². The second-order valence-electron chi connectivity index (χ2n) is 12.4. The number of benzene rings is 6. The highest BCUT2D eigenvalue weighted by Gasteiger charge is 2.37. The summed E-state index contributed by atoms with van der Waals surface area (Å²) in [6.45, 7) is 0. The number of fused-ring (bicyclic) bond motifs is 7. The zero-order chi connectivity index (χ0) is 31.6. The fourth-order valence-corrected chi connectivity index (χ4v) is 7.39. The largest absolute Gasteiger partial charge is 0.455 e. The number of aromatic nitrogens is 3. The van der Waals surface area contributed by atoms with E-state index >= 15 is 0 Å². The Morgan fingerprint density at radius 3 is 2.15 bits per heavy atom. The number of hydrogen-bond acceptors (Lipinski definition) is 5. The van der Waals surface area contributed by atoms with Gasteiger partial charge in [0.25, 0.3) is 0 Å². The van der Waals surface area contributed by atoms with Crippen LogP contribution in [0, 0.1) is 0 Å². The first kappa shape index (κ1) is 26.8. The van der Waals surface area contributed by atoms with E-state index in [1.165, 1.54) is 16.6 Å². The van der Waals surface area contributed by atoms with Crippen molar-refractivity contribution in [3.63, 3.8) is 0 Å². The topological polar surface area (TPSA) is 55.1 Å². The van der Waals surface area contributed by atoms with Gasteiger partial charge in [-0.05, 0) is 52.7 Å². The van der Waals surface area contributed by atoms with Gasteiger partial charge in [0.05, 0.1) is 11.6 Å². The second-order valence-corrected chi connectivity index (χ2v) is 12.4. The Bertz CT molecular complexity index is 2600. The molecule has 0 spiro atoms. The third-order valence-corrected chi connectivity index (χ3v) is 9.62. The maximum absolute atomic E-state index is 6.59. The zero-order valence-electron chi connectivity index (χ0n) is 25.9. The van der Waals surface area contributed by atoms with E-state index in [1.807, 2.05) is 36.4 Å². The molecular weight excluding hydrogens is 589 g/mol. The molecule has 6 aromatic carbocycles. The molecule has 10 rings (SSSR count). The van der Waals surface area contributed by atoms with Crippen LogP contribution in [0.25, 0.3) is 66.9 Å². The molecule has 0 radical (unpaired) electrons. The number of nitrogens with zero attached hydrogens (tertiary/aromatic N) is 4. The molecule has 2 atom stereocenters. The molecule has 8 aromatic rings. The monoisotopic (exact) mass is 616 g/mol. The molecule has 0 bridgehead atoms. The fourth-order valence-electron chi connectivity index (χ4n) is 7.39. The molecule has 2 aliphatic rings. The molecule has 0 N–H and O–H groups in total. The van der Waals surface area contributed by atoms with Crippen LogP contribution in [-0.4, -0.2) is 21.0 Å². The number of allylic oxidation sites excluding steroid dienone is 2. The maximum Gasteiger partial charge on any atom is 0.167 e. The third-order valence-electron chi connectivity index (χ3n) is 9.62. The van der Waals surface area contributed by atoms with Crippen molar-refractivity contribution >= 4 is 44.1 Å². The van der Waals surface area contributed by atoms with E-state index in [0.717, 1.165) is 49.7 Å². The Kier molecular flexibility index (Phi) is 5.93. The average molecular weight is 617 g/mol. The van der Waals surface area contributed by atoms with E-state index in [1.54, 1.807) is 0 Å². The lowest BCUT2D eigenvalue weighted by Gasteiger charge is -2.29. The van der Waals surface area contributed by atoms with Gasteiger partial charge in [-0.15, -0.1) is 0 Å². The van der Waals surface area contributed by atoms with Crippen molar-refractivity contribution in [2.45, 2.75) is 12.0 Å². The quantitative estimate of drug-likeness (QED) is 0.197.